The predicted octanol–water partition coefficient (Wildman–Crippen LogP) is 2.59. The number of carbonyl (C=O) groups excluding carboxylic acids is 1. The van der Waals surface area contributed by atoms with E-state index in [0.29, 0.717) is 0 Å². The van der Waals surface area contributed by atoms with Crippen LogP contribution < -0.4 is 10.6 Å². The van der Waals surface area contributed by atoms with Gasteiger partial charge in [0.25, 0.3) is 0 Å². The number of anilines is 1. The summed E-state index contributed by atoms with van der Waals surface area (Å²) < 4.78 is 40.5. The third-order valence-corrected chi connectivity index (χ3v) is 2.63. The molecule has 2 amide bonds. The molecular weight excluding hydrogens is 299 g/mol. The summed E-state index contributed by atoms with van der Waals surface area (Å²) in [7, 11) is 0. The molecule has 0 saturated heterocycles. The molecule has 22 heavy (non-hydrogen) atoms. The molecule has 1 aromatic heterocycles. The normalized spacial score (nSPS) is 11.0. The highest BCUT2D eigenvalue weighted by atomic mass is 19.4. The molecule has 6 nitrogen and oxygen atoms in total. The Kier molecular flexibility index (Phi) is 4.44. The predicted molar refractivity (Wildman–Crippen MR) is 73.6 cm³/mol. The zero-order chi connectivity index (χ0) is 16.2. The van der Waals surface area contributed by atoms with E-state index in [4.69, 9.17) is 0 Å². The fraction of sp³-hybridized carbons (Fsp3) is 0.154. The van der Waals surface area contributed by atoms with E-state index in [1.165, 1.54) is 18.2 Å². The van der Waals surface area contributed by atoms with Crippen molar-refractivity contribution in [2.75, 3.05) is 11.9 Å². The summed E-state index contributed by atoms with van der Waals surface area (Å²) in [6.45, 7) is 3.62. The van der Waals surface area contributed by atoms with Gasteiger partial charge in [-0.3, -0.25) is 0 Å². The van der Waals surface area contributed by atoms with Crippen LogP contribution in [-0.2, 0) is 6.18 Å². The fourth-order valence-electron chi connectivity index (χ4n) is 1.71. The average molecular weight is 311 g/mol. The third kappa shape index (κ3) is 3.62. The van der Waals surface area contributed by atoms with E-state index in [1.54, 1.807) is 0 Å². The van der Waals surface area contributed by atoms with Gasteiger partial charge in [0.15, 0.2) is 0 Å². The number of hydrogen-bond acceptors (Lipinski definition) is 3. The highest BCUT2D eigenvalue weighted by Crippen LogP contribution is 2.35. The number of amides is 2. The van der Waals surface area contributed by atoms with Crippen molar-refractivity contribution < 1.29 is 18.0 Å². The average Bonchev–Trinajstić information content (AvgIpc) is 2.98. The molecule has 0 radical (unpaired) electrons. The lowest BCUT2D eigenvalue weighted by Crippen LogP contribution is -2.28. The van der Waals surface area contributed by atoms with Crippen LogP contribution in [0.5, 0.6) is 0 Å². The minimum Gasteiger partial charge on any atom is -0.334 e. The van der Waals surface area contributed by atoms with Gasteiger partial charge in [0.2, 0.25) is 0 Å². The van der Waals surface area contributed by atoms with Gasteiger partial charge in [0, 0.05) is 12.2 Å². The zero-order valence-electron chi connectivity index (χ0n) is 11.3. The Morgan fingerprint density at radius 2 is 2.18 bits per heavy atom. The summed E-state index contributed by atoms with van der Waals surface area (Å²) in [5, 5.41) is 8.41. The van der Waals surface area contributed by atoms with Gasteiger partial charge in [-0.25, -0.2) is 14.5 Å². The van der Waals surface area contributed by atoms with E-state index in [2.05, 4.69) is 27.3 Å². The summed E-state index contributed by atoms with van der Waals surface area (Å²) in [5.74, 6) is 0. The number of nitrogens with one attached hydrogen (secondary N) is 2. The number of rotatable bonds is 4. The molecule has 0 spiro atoms. The molecule has 0 atom stereocenters. The second kappa shape index (κ2) is 6.29. The number of benzene rings is 1. The molecule has 0 aliphatic carbocycles. The smallest absolute Gasteiger partial charge is 0.334 e. The van der Waals surface area contributed by atoms with Crippen molar-refractivity contribution >= 4 is 11.7 Å². The monoisotopic (exact) mass is 311 g/mol. The fourth-order valence-corrected chi connectivity index (χ4v) is 1.71. The van der Waals surface area contributed by atoms with Crippen LogP contribution in [0.1, 0.15) is 5.56 Å². The zero-order valence-corrected chi connectivity index (χ0v) is 11.3. The molecule has 2 rings (SSSR count). The van der Waals surface area contributed by atoms with E-state index in [-0.39, 0.29) is 17.9 Å². The number of nitrogens with zero attached hydrogens (tertiary/aromatic N) is 3. The Labute approximate surface area is 123 Å². The number of carbonyl (C=O) groups is 1. The van der Waals surface area contributed by atoms with Crippen LogP contribution in [0.4, 0.5) is 23.7 Å². The molecule has 1 aromatic carbocycles. The molecule has 0 fully saturated rings. The molecule has 1 heterocycles. The Morgan fingerprint density at radius 1 is 1.41 bits per heavy atom. The van der Waals surface area contributed by atoms with Gasteiger partial charge < -0.3 is 10.6 Å². The largest absolute Gasteiger partial charge is 0.418 e. The van der Waals surface area contributed by atoms with Gasteiger partial charge in [0.1, 0.15) is 12.7 Å². The molecule has 0 saturated carbocycles. The first-order chi connectivity index (χ1) is 10.4. The standard InChI is InChI=1S/C13H12F3N5O/c1-2-5-18-12(22)20-9-3-4-11(21-8-17-7-19-21)10(6-9)13(14,15)16/h2-4,6-8H,1,5H2,(H2,18,20,22). The molecule has 0 unspecified atom stereocenters. The lowest BCUT2D eigenvalue weighted by molar-refractivity contribution is -0.137. The Bertz CT molecular complexity index is 667. The molecule has 0 aliphatic heterocycles. The van der Waals surface area contributed by atoms with Gasteiger partial charge in [-0.2, -0.15) is 18.3 Å². The Balaban J connectivity index is 2.32. The maximum Gasteiger partial charge on any atom is 0.418 e. The Morgan fingerprint density at radius 3 is 2.77 bits per heavy atom. The first-order valence-corrected chi connectivity index (χ1v) is 6.14. The highest BCUT2D eigenvalue weighted by molar-refractivity contribution is 5.89. The molecule has 116 valence electrons. The quantitative estimate of drug-likeness (QED) is 0.853. The van der Waals surface area contributed by atoms with Crippen molar-refractivity contribution in [1.29, 1.82) is 0 Å². The minimum absolute atomic E-state index is 0.0118. The summed E-state index contributed by atoms with van der Waals surface area (Å²) in [5.41, 5.74) is -1.10. The van der Waals surface area contributed by atoms with Crippen LogP contribution in [-0.4, -0.2) is 27.3 Å². The third-order valence-electron chi connectivity index (χ3n) is 2.63. The summed E-state index contributed by atoms with van der Waals surface area (Å²) >= 11 is 0. The van der Waals surface area contributed by atoms with Gasteiger partial charge in [-0.15, -0.1) is 6.58 Å². The van der Waals surface area contributed by atoms with Gasteiger partial charge in [0.05, 0.1) is 11.3 Å². The highest BCUT2D eigenvalue weighted by Gasteiger charge is 2.34. The number of urea groups is 1. The lowest BCUT2D eigenvalue weighted by Gasteiger charge is -2.14. The number of hydrogen-bond donors (Lipinski definition) is 2. The second-order valence-electron chi connectivity index (χ2n) is 4.19. The van der Waals surface area contributed by atoms with Gasteiger partial charge in [-0.05, 0) is 18.2 Å². The van der Waals surface area contributed by atoms with E-state index in [0.717, 1.165) is 23.4 Å². The van der Waals surface area contributed by atoms with E-state index in [1.807, 2.05) is 0 Å². The van der Waals surface area contributed by atoms with E-state index >= 15 is 0 Å². The molecule has 2 N–H and O–H groups in total. The summed E-state index contributed by atoms with van der Waals surface area (Å²) in [4.78, 5) is 15.1. The Hall–Kier alpha value is -2.84. The van der Waals surface area contributed by atoms with Gasteiger partial charge in [-0.1, -0.05) is 6.08 Å². The molecular formula is C13H12F3N5O. The number of halogens is 3. The first kappa shape index (κ1) is 15.5. The van der Waals surface area contributed by atoms with Crippen LogP contribution in [0.25, 0.3) is 5.69 Å². The van der Waals surface area contributed by atoms with Crippen LogP contribution in [0.15, 0.2) is 43.5 Å². The van der Waals surface area contributed by atoms with Crippen molar-refractivity contribution in [3.05, 3.63) is 49.1 Å². The minimum atomic E-state index is -4.60. The molecule has 0 aliphatic rings. The number of aromatic nitrogens is 3. The number of alkyl halides is 3. The first-order valence-electron chi connectivity index (χ1n) is 6.14. The summed E-state index contributed by atoms with van der Waals surface area (Å²) in [6, 6.07) is 2.77. The van der Waals surface area contributed by atoms with Crippen molar-refractivity contribution in [2.24, 2.45) is 0 Å². The van der Waals surface area contributed by atoms with Gasteiger partial charge >= 0.3 is 12.2 Å². The van der Waals surface area contributed by atoms with Crippen molar-refractivity contribution in [2.45, 2.75) is 6.18 Å². The maximum absolute atomic E-state index is 13.2. The van der Waals surface area contributed by atoms with Crippen LogP contribution in [0, 0.1) is 0 Å². The van der Waals surface area contributed by atoms with Crippen LogP contribution in [0.3, 0.4) is 0 Å². The van der Waals surface area contributed by atoms with E-state index in [9.17, 15) is 18.0 Å². The van der Waals surface area contributed by atoms with Crippen molar-refractivity contribution in [3.63, 3.8) is 0 Å². The topological polar surface area (TPSA) is 71.8 Å². The van der Waals surface area contributed by atoms with E-state index < -0.39 is 17.8 Å². The molecule has 2 aromatic rings. The summed E-state index contributed by atoms with van der Waals surface area (Å²) in [6.07, 6.45) is -0.853. The lowest BCUT2D eigenvalue weighted by atomic mass is 10.1. The van der Waals surface area contributed by atoms with Crippen LogP contribution in [0.2, 0.25) is 0 Å². The SMILES string of the molecule is C=CCNC(=O)Nc1ccc(-n2cncn2)c(C(F)(F)F)c1. The van der Waals surface area contributed by atoms with Crippen molar-refractivity contribution in [3.8, 4) is 5.69 Å². The molecule has 9 heteroatoms. The maximum atomic E-state index is 13.2. The second-order valence-corrected chi connectivity index (χ2v) is 4.19. The molecule has 0 bridgehead atoms. The van der Waals surface area contributed by atoms with Crippen molar-refractivity contribution in [1.82, 2.24) is 20.1 Å². The van der Waals surface area contributed by atoms with Crippen LogP contribution >= 0.6 is 0 Å².